The Morgan fingerprint density at radius 3 is 2.73 bits per heavy atom. The van der Waals surface area contributed by atoms with E-state index in [1.807, 2.05) is 12.1 Å². The molecule has 0 unspecified atom stereocenters. The number of aromatic nitrogens is 4. The first-order chi connectivity index (χ1) is 10.7. The zero-order valence-electron chi connectivity index (χ0n) is 11.9. The number of carboxylic acid groups (broad SMARTS) is 1. The van der Waals surface area contributed by atoms with Gasteiger partial charge in [-0.1, -0.05) is 0 Å². The summed E-state index contributed by atoms with van der Waals surface area (Å²) in [5.74, 6) is -0.483. The van der Waals surface area contributed by atoms with E-state index >= 15 is 0 Å². The summed E-state index contributed by atoms with van der Waals surface area (Å²) in [6.07, 6.45) is 3.87. The molecule has 0 aromatic carbocycles. The molecule has 0 saturated heterocycles. The van der Waals surface area contributed by atoms with Crippen LogP contribution in [-0.4, -0.2) is 44.4 Å². The number of rotatable bonds is 5. The van der Waals surface area contributed by atoms with Gasteiger partial charge in [0.2, 0.25) is 0 Å². The molecule has 0 atom stereocenters. The predicted octanol–water partition coefficient (Wildman–Crippen LogP) is 1.68. The van der Waals surface area contributed by atoms with E-state index in [-0.39, 0.29) is 5.56 Å². The molecule has 3 heterocycles. The summed E-state index contributed by atoms with van der Waals surface area (Å²) >= 11 is 0. The van der Waals surface area contributed by atoms with E-state index < -0.39 is 5.97 Å². The van der Waals surface area contributed by atoms with Gasteiger partial charge in [-0.05, 0) is 24.3 Å². The largest absolute Gasteiger partial charge is 0.478 e. The van der Waals surface area contributed by atoms with Crippen molar-refractivity contribution in [3.8, 4) is 11.3 Å². The van der Waals surface area contributed by atoms with Crippen LogP contribution in [0.3, 0.4) is 0 Å². The number of pyridine rings is 2. The SMILES string of the molecule is COCCc1nc2c(C(=O)O)ccc(-c3ccncc3)n2n1. The Bertz CT molecular complexity index is 814. The van der Waals surface area contributed by atoms with Crippen LogP contribution in [0.2, 0.25) is 0 Å². The molecule has 3 aromatic heterocycles. The van der Waals surface area contributed by atoms with Gasteiger partial charge in [0.15, 0.2) is 11.5 Å². The van der Waals surface area contributed by atoms with E-state index in [1.165, 1.54) is 0 Å². The highest BCUT2D eigenvalue weighted by molar-refractivity contribution is 5.95. The lowest BCUT2D eigenvalue weighted by atomic mass is 10.1. The van der Waals surface area contributed by atoms with Crippen LogP contribution in [-0.2, 0) is 11.2 Å². The normalized spacial score (nSPS) is 11.0. The average Bonchev–Trinajstić information content (AvgIpc) is 2.96. The fourth-order valence-corrected chi connectivity index (χ4v) is 2.21. The maximum atomic E-state index is 11.4. The lowest BCUT2D eigenvalue weighted by Crippen LogP contribution is -2.03. The van der Waals surface area contributed by atoms with Crippen molar-refractivity contribution in [2.45, 2.75) is 6.42 Å². The predicted molar refractivity (Wildman–Crippen MR) is 78.8 cm³/mol. The second-order valence-corrected chi connectivity index (χ2v) is 4.68. The Balaban J connectivity index is 2.20. The molecule has 1 N–H and O–H groups in total. The van der Waals surface area contributed by atoms with Gasteiger partial charge in [0, 0.05) is 31.5 Å². The monoisotopic (exact) mass is 298 g/mol. The first-order valence-corrected chi connectivity index (χ1v) is 6.72. The zero-order valence-corrected chi connectivity index (χ0v) is 11.9. The van der Waals surface area contributed by atoms with Crippen LogP contribution in [0.15, 0.2) is 36.7 Å². The fraction of sp³-hybridized carbons (Fsp3) is 0.200. The van der Waals surface area contributed by atoms with Crippen LogP contribution in [0.5, 0.6) is 0 Å². The number of carboxylic acids is 1. The number of hydrogen-bond acceptors (Lipinski definition) is 5. The fourth-order valence-electron chi connectivity index (χ4n) is 2.21. The van der Waals surface area contributed by atoms with E-state index in [4.69, 9.17) is 4.74 Å². The van der Waals surface area contributed by atoms with Crippen molar-refractivity contribution in [3.63, 3.8) is 0 Å². The maximum absolute atomic E-state index is 11.4. The summed E-state index contributed by atoms with van der Waals surface area (Å²) in [4.78, 5) is 19.7. The van der Waals surface area contributed by atoms with Crippen LogP contribution < -0.4 is 0 Å². The lowest BCUT2D eigenvalue weighted by molar-refractivity contribution is 0.0698. The highest BCUT2D eigenvalue weighted by atomic mass is 16.5. The van der Waals surface area contributed by atoms with Gasteiger partial charge < -0.3 is 9.84 Å². The Labute approximate surface area is 126 Å². The van der Waals surface area contributed by atoms with Crippen molar-refractivity contribution >= 4 is 11.6 Å². The first-order valence-electron chi connectivity index (χ1n) is 6.72. The molecule has 0 radical (unpaired) electrons. The molecule has 0 saturated carbocycles. The molecule has 0 spiro atoms. The number of ether oxygens (including phenoxy) is 1. The van der Waals surface area contributed by atoms with Gasteiger partial charge in [-0.2, -0.15) is 5.10 Å². The van der Waals surface area contributed by atoms with Gasteiger partial charge in [0.1, 0.15) is 5.56 Å². The number of methoxy groups -OCH3 is 1. The Morgan fingerprint density at radius 2 is 2.05 bits per heavy atom. The standard InChI is InChI=1S/C15H14N4O3/c1-22-9-6-13-17-14-11(15(20)21)2-3-12(19(14)18-13)10-4-7-16-8-5-10/h2-5,7-8H,6,9H2,1H3,(H,20,21). The van der Waals surface area contributed by atoms with Crippen LogP contribution in [0.25, 0.3) is 16.9 Å². The van der Waals surface area contributed by atoms with Gasteiger partial charge in [0.05, 0.1) is 12.3 Å². The summed E-state index contributed by atoms with van der Waals surface area (Å²) < 4.78 is 6.58. The summed E-state index contributed by atoms with van der Waals surface area (Å²) in [7, 11) is 1.60. The summed E-state index contributed by atoms with van der Waals surface area (Å²) in [5, 5.41) is 13.7. The molecule has 3 rings (SSSR count). The number of aromatic carboxylic acids is 1. The molecule has 0 fully saturated rings. The molecule has 0 aliphatic carbocycles. The minimum Gasteiger partial charge on any atom is -0.478 e. The summed E-state index contributed by atoms with van der Waals surface area (Å²) in [6, 6.07) is 6.94. The molecular weight excluding hydrogens is 284 g/mol. The minimum absolute atomic E-state index is 0.119. The van der Waals surface area contributed by atoms with E-state index in [0.717, 1.165) is 11.3 Å². The second-order valence-electron chi connectivity index (χ2n) is 4.68. The second kappa shape index (κ2) is 5.90. The molecule has 22 heavy (non-hydrogen) atoms. The van der Waals surface area contributed by atoms with E-state index in [1.54, 1.807) is 36.2 Å². The molecule has 0 bridgehead atoms. The zero-order chi connectivity index (χ0) is 15.5. The molecule has 3 aromatic rings. The van der Waals surface area contributed by atoms with Crippen LogP contribution in [0.1, 0.15) is 16.2 Å². The maximum Gasteiger partial charge on any atom is 0.339 e. The Hall–Kier alpha value is -2.80. The number of nitrogens with zero attached hydrogens (tertiary/aromatic N) is 4. The van der Waals surface area contributed by atoms with E-state index in [2.05, 4.69) is 15.1 Å². The van der Waals surface area contributed by atoms with Crippen molar-refractivity contribution in [3.05, 3.63) is 48.0 Å². The van der Waals surface area contributed by atoms with Crippen LogP contribution in [0.4, 0.5) is 0 Å². The summed E-state index contributed by atoms with van der Waals surface area (Å²) in [6.45, 7) is 0.476. The Kier molecular flexibility index (Phi) is 3.80. The highest BCUT2D eigenvalue weighted by Gasteiger charge is 2.16. The van der Waals surface area contributed by atoms with Crippen molar-refractivity contribution in [1.82, 2.24) is 19.6 Å². The molecule has 7 nitrogen and oxygen atoms in total. The van der Waals surface area contributed by atoms with Crippen LogP contribution >= 0.6 is 0 Å². The topological polar surface area (TPSA) is 89.6 Å². The number of hydrogen-bond donors (Lipinski definition) is 1. The van der Waals surface area contributed by atoms with Crippen molar-refractivity contribution in [1.29, 1.82) is 0 Å². The molecule has 0 aliphatic rings. The van der Waals surface area contributed by atoms with Gasteiger partial charge >= 0.3 is 5.97 Å². The van der Waals surface area contributed by atoms with E-state index in [0.29, 0.717) is 24.5 Å². The number of fused-ring (bicyclic) bond motifs is 1. The van der Waals surface area contributed by atoms with Gasteiger partial charge in [-0.25, -0.2) is 14.3 Å². The van der Waals surface area contributed by atoms with Crippen molar-refractivity contribution in [2.75, 3.05) is 13.7 Å². The molecule has 112 valence electrons. The smallest absolute Gasteiger partial charge is 0.339 e. The molecular formula is C15H14N4O3. The van der Waals surface area contributed by atoms with E-state index in [9.17, 15) is 9.90 Å². The minimum atomic E-state index is -1.03. The quantitative estimate of drug-likeness (QED) is 0.770. The lowest BCUT2D eigenvalue weighted by Gasteiger charge is -2.05. The first kappa shape index (κ1) is 14.2. The molecule has 0 aliphatic heterocycles. The Morgan fingerprint density at radius 1 is 1.27 bits per heavy atom. The number of carbonyl (C=O) groups is 1. The third kappa shape index (κ3) is 2.53. The third-order valence-corrected chi connectivity index (χ3v) is 3.26. The van der Waals surface area contributed by atoms with Crippen molar-refractivity contribution in [2.24, 2.45) is 0 Å². The van der Waals surface area contributed by atoms with Crippen molar-refractivity contribution < 1.29 is 14.6 Å². The highest BCUT2D eigenvalue weighted by Crippen LogP contribution is 2.22. The van der Waals surface area contributed by atoms with Gasteiger partial charge in [0.25, 0.3) is 0 Å². The average molecular weight is 298 g/mol. The molecule has 0 amide bonds. The molecule has 7 heteroatoms. The van der Waals surface area contributed by atoms with Gasteiger partial charge in [-0.3, -0.25) is 4.98 Å². The van der Waals surface area contributed by atoms with Gasteiger partial charge in [-0.15, -0.1) is 0 Å². The summed E-state index contributed by atoms with van der Waals surface area (Å²) in [5.41, 5.74) is 2.10. The van der Waals surface area contributed by atoms with Crippen LogP contribution in [0, 0.1) is 0 Å². The third-order valence-electron chi connectivity index (χ3n) is 3.26.